The maximum atomic E-state index is 9.50. The van der Waals surface area contributed by atoms with Crippen LogP contribution in [0.15, 0.2) is 23.3 Å². The fourth-order valence-corrected chi connectivity index (χ4v) is 2.19. The van der Waals surface area contributed by atoms with Gasteiger partial charge in [0.05, 0.1) is 6.04 Å². The zero-order valence-electron chi connectivity index (χ0n) is 7.27. The lowest BCUT2D eigenvalue weighted by molar-refractivity contribution is 0.471. The first kappa shape index (κ1) is 8.56. The SMILES string of the molecule is CC1CSC(c2ncccc2O)=N1. The summed E-state index contributed by atoms with van der Waals surface area (Å²) in [6.07, 6.45) is 1.67. The van der Waals surface area contributed by atoms with E-state index in [0.29, 0.717) is 11.7 Å². The van der Waals surface area contributed by atoms with Crippen molar-refractivity contribution in [1.29, 1.82) is 0 Å². The molecule has 0 spiro atoms. The van der Waals surface area contributed by atoms with E-state index < -0.39 is 0 Å². The molecule has 0 aromatic carbocycles. The van der Waals surface area contributed by atoms with Gasteiger partial charge in [-0.15, -0.1) is 11.8 Å². The van der Waals surface area contributed by atoms with Crippen molar-refractivity contribution < 1.29 is 5.11 Å². The van der Waals surface area contributed by atoms with Gasteiger partial charge in [-0.25, -0.2) is 0 Å². The highest BCUT2D eigenvalue weighted by Gasteiger charge is 2.18. The lowest BCUT2D eigenvalue weighted by Crippen LogP contribution is -1.96. The molecule has 3 nitrogen and oxygen atoms in total. The van der Waals surface area contributed by atoms with Crippen molar-refractivity contribution in [1.82, 2.24) is 4.98 Å². The second kappa shape index (κ2) is 3.38. The molecule has 0 fully saturated rings. The Balaban J connectivity index is 2.36. The van der Waals surface area contributed by atoms with Crippen molar-refractivity contribution in [2.75, 3.05) is 5.75 Å². The highest BCUT2D eigenvalue weighted by Crippen LogP contribution is 2.26. The average Bonchev–Trinajstić information content (AvgIpc) is 2.53. The molecule has 1 aliphatic rings. The van der Waals surface area contributed by atoms with Gasteiger partial charge in [0.1, 0.15) is 16.5 Å². The molecular formula is C9H10N2OS. The van der Waals surface area contributed by atoms with E-state index in [9.17, 15) is 5.11 Å². The topological polar surface area (TPSA) is 45.5 Å². The lowest BCUT2D eigenvalue weighted by Gasteiger charge is -2.00. The number of rotatable bonds is 1. The van der Waals surface area contributed by atoms with Crippen molar-refractivity contribution in [2.24, 2.45) is 4.99 Å². The molecule has 0 saturated carbocycles. The van der Waals surface area contributed by atoms with E-state index in [1.165, 1.54) is 0 Å². The summed E-state index contributed by atoms with van der Waals surface area (Å²) in [5.74, 6) is 1.19. The van der Waals surface area contributed by atoms with Gasteiger partial charge in [-0.3, -0.25) is 9.98 Å². The molecule has 1 aliphatic heterocycles. The molecule has 2 heterocycles. The van der Waals surface area contributed by atoms with Crippen molar-refractivity contribution in [3.63, 3.8) is 0 Å². The Kier molecular flexibility index (Phi) is 2.22. The number of hydrogen-bond acceptors (Lipinski definition) is 4. The highest BCUT2D eigenvalue weighted by atomic mass is 32.2. The second-order valence-electron chi connectivity index (χ2n) is 2.97. The molecule has 1 atom stereocenters. The van der Waals surface area contributed by atoms with Gasteiger partial charge >= 0.3 is 0 Å². The maximum absolute atomic E-state index is 9.50. The van der Waals surface area contributed by atoms with Crippen LogP contribution < -0.4 is 0 Å². The van der Waals surface area contributed by atoms with Gasteiger partial charge in [0.2, 0.25) is 0 Å². The van der Waals surface area contributed by atoms with Crippen molar-refractivity contribution in [3.05, 3.63) is 24.0 Å². The van der Waals surface area contributed by atoms with E-state index in [1.54, 1.807) is 30.1 Å². The Bertz CT molecular complexity index is 351. The number of hydrogen-bond donors (Lipinski definition) is 1. The van der Waals surface area contributed by atoms with Crippen LogP contribution in [0.1, 0.15) is 12.6 Å². The van der Waals surface area contributed by atoms with Crippen LogP contribution in [-0.4, -0.2) is 26.9 Å². The van der Waals surface area contributed by atoms with E-state index in [2.05, 4.69) is 16.9 Å². The number of aromatic hydroxyl groups is 1. The summed E-state index contributed by atoms with van der Waals surface area (Å²) in [6.45, 7) is 2.06. The van der Waals surface area contributed by atoms with Crippen molar-refractivity contribution >= 4 is 16.8 Å². The highest BCUT2D eigenvalue weighted by molar-refractivity contribution is 8.14. The summed E-state index contributed by atoms with van der Waals surface area (Å²) in [7, 11) is 0. The molecule has 1 unspecified atom stereocenters. The van der Waals surface area contributed by atoms with Crippen molar-refractivity contribution in [3.8, 4) is 5.75 Å². The molecule has 0 aliphatic carbocycles. The molecule has 13 heavy (non-hydrogen) atoms. The Morgan fingerprint density at radius 1 is 1.62 bits per heavy atom. The first-order valence-corrected chi connectivity index (χ1v) is 5.11. The number of thioether (sulfide) groups is 1. The third kappa shape index (κ3) is 1.67. The normalized spacial score (nSPS) is 21.6. The standard InChI is InChI=1S/C9H10N2OS/c1-6-5-13-9(11-6)8-7(12)3-2-4-10-8/h2-4,6,12H,5H2,1H3. The van der Waals surface area contributed by atoms with Crippen LogP contribution >= 0.6 is 11.8 Å². The monoisotopic (exact) mass is 194 g/mol. The van der Waals surface area contributed by atoms with Gasteiger partial charge in [-0.05, 0) is 19.1 Å². The molecule has 0 bridgehead atoms. The largest absolute Gasteiger partial charge is 0.506 e. The van der Waals surface area contributed by atoms with E-state index in [1.807, 2.05) is 0 Å². The zero-order chi connectivity index (χ0) is 9.26. The fourth-order valence-electron chi connectivity index (χ4n) is 1.17. The molecule has 0 amide bonds. The minimum Gasteiger partial charge on any atom is -0.506 e. The predicted octanol–water partition coefficient (Wildman–Crippen LogP) is 1.67. The second-order valence-corrected chi connectivity index (χ2v) is 3.97. The minimum atomic E-state index is 0.211. The van der Waals surface area contributed by atoms with Crippen LogP contribution in [0.4, 0.5) is 0 Å². The maximum Gasteiger partial charge on any atom is 0.144 e. The van der Waals surface area contributed by atoms with Gasteiger partial charge < -0.3 is 5.11 Å². The van der Waals surface area contributed by atoms with Crippen LogP contribution in [0.2, 0.25) is 0 Å². The van der Waals surface area contributed by atoms with Gasteiger partial charge in [0.15, 0.2) is 0 Å². The van der Waals surface area contributed by atoms with Gasteiger partial charge in [-0.2, -0.15) is 0 Å². The zero-order valence-corrected chi connectivity index (χ0v) is 8.08. The molecular weight excluding hydrogens is 184 g/mol. The first-order valence-electron chi connectivity index (χ1n) is 4.12. The average molecular weight is 194 g/mol. The first-order chi connectivity index (χ1) is 6.27. The summed E-state index contributed by atoms with van der Waals surface area (Å²) in [4.78, 5) is 8.47. The number of aliphatic imine (C=N–C) groups is 1. The number of nitrogens with zero attached hydrogens (tertiary/aromatic N) is 2. The Labute approximate surface area is 80.9 Å². The molecule has 1 N–H and O–H groups in total. The summed E-state index contributed by atoms with van der Waals surface area (Å²) in [5, 5.41) is 10.4. The summed E-state index contributed by atoms with van der Waals surface area (Å²) in [5.41, 5.74) is 0.608. The van der Waals surface area contributed by atoms with E-state index in [-0.39, 0.29) is 5.75 Å². The number of aromatic nitrogens is 1. The van der Waals surface area contributed by atoms with E-state index in [0.717, 1.165) is 10.8 Å². The summed E-state index contributed by atoms with van der Waals surface area (Å²) < 4.78 is 0. The molecule has 0 radical (unpaired) electrons. The quantitative estimate of drug-likeness (QED) is 0.739. The van der Waals surface area contributed by atoms with Crippen LogP contribution in [0.25, 0.3) is 0 Å². The predicted molar refractivity (Wildman–Crippen MR) is 54.4 cm³/mol. The minimum absolute atomic E-state index is 0.211. The molecule has 0 saturated heterocycles. The summed E-state index contributed by atoms with van der Waals surface area (Å²) in [6, 6.07) is 3.68. The van der Waals surface area contributed by atoms with Crippen LogP contribution in [-0.2, 0) is 0 Å². The third-order valence-electron chi connectivity index (χ3n) is 1.79. The lowest BCUT2D eigenvalue weighted by atomic mass is 10.3. The van der Waals surface area contributed by atoms with Crippen LogP contribution in [0, 0.1) is 0 Å². The Morgan fingerprint density at radius 2 is 2.46 bits per heavy atom. The Hall–Kier alpha value is -1.03. The van der Waals surface area contributed by atoms with Crippen molar-refractivity contribution in [2.45, 2.75) is 13.0 Å². The Morgan fingerprint density at radius 3 is 3.08 bits per heavy atom. The third-order valence-corrected chi connectivity index (χ3v) is 3.01. The van der Waals surface area contributed by atoms with E-state index >= 15 is 0 Å². The smallest absolute Gasteiger partial charge is 0.144 e. The van der Waals surface area contributed by atoms with Crippen LogP contribution in [0.5, 0.6) is 5.75 Å². The van der Waals surface area contributed by atoms with Crippen LogP contribution in [0.3, 0.4) is 0 Å². The molecule has 68 valence electrons. The van der Waals surface area contributed by atoms with Gasteiger partial charge in [0.25, 0.3) is 0 Å². The molecule has 1 aromatic heterocycles. The summed E-state index contributed by atoms with van der Waals surface area (Å²) >= 11 is 1.65. The number of pyridine rings is 1. The van der Waals surface area contributed by atoms with E-state index in [4.69, 9.17) is 0 Å². The molecule has 1 aromatic rings. The van der Waals surface area contributed by atoms with Gasteiger partial charge in [-0.1, -0.05) is 0 Å². The fraction of sp³-hybridized carbons (Fsp3) is 0.333. The molecule has 4 heteroatoms. The molecule has 2 rings (SSSR count). The van der Waals surface area contributed by atoms with Gasteiger partial charge in [0, 0.05) is 11.9 Å².